The first-order valence-electron chi connectivity index (χ1n) is 4.72. The first-order valence-corrected chi connectivity index (χ1v) is 5.51. The van der Waals surface area contributed by atoms with Crippen LogP contribution in [-0.2, 0) is 4.79 Å². The van der Waals surface area contributed by atoms with Gasteiger partial charge in [-0.15, -0.1) is 0 Å². The van der Waals surface area contributed by atoms with E-state index in [1.165, 1.54) is 7.11 Å². The van der Waals surface area contributed by atoms with Gasteiger partial charge in [0.15, 0.2) is 0 Å². The Morgan fingerprint density at radius 3 is 2.56 bits per heavy atom. The Morgan fingerprint density at radius 1 is 1.56 bits per heavy atom. The molecule has 0 amide bonds. The number of hydrogen-bond acceptors (Lipinski definition) is 3. The summed E-state index contributed by atoms with van der Waals surface area (Å²) in [5.41, 5.74) is 7.81. The second-order valence-electron chi connectivity index (χ2n) is 3.56. The lowest BCUT2D eigenvalue weighted by Gasteiger charge is -2.18. The molecule has 0 aliphatic heterocycles. The molecule has 16 heavy (non-hydrogen) atoms. The number of methoxy groups -OCH3 is 1. The van der Waals surface area contributed by atoms with Gasteiger partial charge in [-0.25, -0.2) is 0 Å². The van der Waals surface area contributed by atoms with Crippen molar-refractivity contribution in [2.45, 2.75) is 19.9 Å². The van der Waals surface area contributed by atoms with Crippen LogP contribution in [0, 0.1) is 13.8 Å². The standard InChI is InChI=1S/C11H14BrNO3/c1-5-4-7(12)6(2)10(16-3)8(5)9(13)11(14)15/h4,9H,13H2,1-3H3,(H,14,15). The number of halogens is 1. The van der Waals surface area contributed by atoms with Crippen LogP contribution in [0.3, 0.4) is 0 Å². The van der Waals surface area contributed by atoms with Crippen molar-refractivity contribution in [2.24, 2.45) is 5.73 Å². The van der Waals surface area contributed by atoms with Crippen LogP contribution in [0.5, 0.6) is 5.75 Å². The van der Waals surface area contributed by atoms with E-state index in [0.717, 1.165) is 15.6 Å². The van der Waals surface area contributed by atoms with Crippen LogP contribution in [0.4, 0.5) is 0 Å². The fourth-order valence-electron chi connectivity index (χ4n) is 1.64. The molecule has 1 aromatic rings. The number of ether oxygens (including phenoxy) is 1. The molecule has 0 aliphatic rings. The minimum atomic E-state index is -1.07. The average Bonchev–Trinajstić information content (AvgIpc) is 2.21. The second-order valence-corrected chi connectivity index (χ2v) is 4.42. The van der Waals surface area contributed by atoms with Crippen molar-refractivity contribution < 1.29 is 14.6 Å². The second kappa shape index (κ2) is 4.84. The summed E-state index contributed by atoms with van der Waals surface area (Å²) in [6.07, 6.45) is 0. The maximum Gasteiger partial charge on any atom is 0.325 e. The normalized spacial score (nSPS) is 12.3. The van der Waals surface area contributed by atoms with Gasteiger partial charge in [0.25, 0.3) is 0 Å². The van der Waals surface area contributed by atoms with Crippen LogP contribution in [-0.4, -0.2) is 18.2 Å². The maximum absolute atomic E-state index is 10.9. The molecule has 0 saturated carbocycles. The van der Waals surface area contributed by atoms with Crippen molar-refractivity contribution in [3.8, 4) is 5.75 Å². The van der Waals surface area contributed by atoms with Gasteiger partial charge in [0.1, 0.15) is 11.8 Å². The summed E-state index contributed by atoms with van der Waals surface area (Å²) < 4.78 is 6.11. The maximum atomic E-state index is 10.9. The Labute approximate surface area is 103 Å². The summed E-state index contributed by atoms with van der Waals surface area (Å²) >= 11 is 3.39. The molecule has 0 aliphatic carbocycles. The van der Waals surface area contributed by atoms with Crippen molar-refractivity contribution >= 4 is 21.9 Å². The number of aliphatic carboxylic acids is 1. The van der Waals surface area contributed by atoms with Crippen LogP contribution < -0.4 is 10.5 Å². The molecular formula is C11H14BrNO3. The average molecular weight is 288 g/mol. The summed E-state index contributed by atoms with van der Waals surface area (Å²) in [6, 6.07) is 0.775. The highest BCUT2D eigenvalue weighted by Crippen LogP contribution is 2.35. The SMILES string of the molecule is COc1c(C)c(Br)cc(C)c1C(N)C(=O)O. The molecule has 0 bridgehead atoms. The monoisotopic (exact) mass is 287 g/mol. The molecule has 0 spiro atoms. The number of nitrogens with two attached hydrogens (primary N) is 1. The van der Waals surface area contributed by atoms with E-state index in [-0.39, 0.29) is 0 Å². The summed E-state index contributed by atoms with van der Waals surface area (Å²) in [7, 11) is 1.51. The Hall–Kier alpha value is -1.07. The molecule has 0 heterocycles. The molecule has 0 radical (unpaired) electrons. The first-order chi connectivity index (χ1) is 7.40. The van der Waals surface area contributed by atoms with E-state index in [9.17, 15) is 4.79 Å². The number of benzene rings is 1. The summed E-state index contributed by atoms with van der Waals surface area (Å²) in [5.74, 6) is -0.537. The Balaban J connectivity index is 3.48. The molecule has 1 aromatic carbocycles. The van der Waals surface area contributed by atoms with Gasteiger partial charge in [0.05, 0.1) is 7.11 Å². The van der Waals surface area contributed by atoms with E-state index in [4.69, 9.17) is 15.6 Å². The van der Waals surface area contributed by atoms with Gasteiger partial charge in [0, 0.05) is 15.6 Å². The van der Waals surface area contributed by atoms with E-state index >= 15 is 0 Å². The van der Waals surface area contributed by atoms with E-state index < -0.39 is 12.0 Å². The third kappa shape index (κ3) is 2.20. The number of carboxylic acids is 1. The molecule has 0 fully saturated rings. The fourth-order valence-corrected chi connectivity index (χ4v) is 2.16. The molecule has 88 valence electrons. The van der Waals surface area contributed by atoms with Gasteiger partial charge >= 0.3 is 5.97 Å². The smallest absolute Gasteiger partial charge is 0.325 e. The zero-order chi connectivity index (χ0) is 12.5. The van der Waals surface area contributed by atoms with Gasteiger partial charge in [0.2, 0.25) is 0 Å². The lowest BCUT2D eigenvalue weighted by atomic mass is 9.98. The minimum Gasteiger partial charge on any atom is -0.496 e. The molecule has 4 nitrogen and oxygen atoms in total. The molecular weight excluding hydrogens is 274 g/mol. The predicted octanol–water partition coefficient (Wildman–Crippen LogP) is 2.16. The fraction of sp³-hybridized carbons (Fsp3) is 0.364. The van der Waals surface area contributed by atoms with Gasteiger partial charge in [-0.05, 0) is 25.5 Å². The van der Waals surface area contributed by atoms with Crippen LogP contribution >= 0.6 is 15.9 Å². The number of rotatable bonds is 3. The quantitative estimate of drug-likeness (QED) is 0.894. The lowest BCUT2D eigenvalue weighted by molar-refractivity contribution is -0.138. The van der Waals surface area contributed by atoms with Crippen molar-refractivity contribution in [1.29, 1.82) is 0 Å². The zero-order valence-corrected chi connectivity index (χ0v) is 11.0. The van der Waals surface area contributed by atoms with Crippen molar-refractivity contribution in [2.75, 3.05) is 7.11 Å². The van der Waals surface area contributed by atoms with Crippen molar-refractivity contribution in [3.63, 3.8) is 0 Å². The third-order valence-corrected chi connectivity index (χ3v) is 3.32. The summed E-state index contributed by atoms with van der Waals surface area (Å²) in [6.45, 7) is 3.66. The largest absolute Gasteiger partial charge is 0.496 e. The number of carboxylic acid groups (broad SMARTS) is 1. The van der Waals surface area contributed by atoms with Crippen molar-refractivity contribution in [3.05, 3.63) is 27.2 Å². The van der Waals surface area contributed by atoms with Crippen molar-refractivity contribution in [1.82, 2.24) is 0 Å². The molecule has 0 saturated heterocycles. The highest BCUT2D eigenvalue weighted by atomic mass is 79.9. The Kier molecular flexibility index (Phi) is 3.93. The molecule has 5 heteroatoms. The van der Waals surface area contributed by atoms with Gasteiger partial charge in [-0.3, -0.25) is 4.79 Å². The zero-order valence-electron chi connectivity index (χ0n) is 9.37. The van der Waals surface area contributed by atoms with Gasteiger partial charge in [-0.2, -0.15) is 0 Å². The molecule has 1 unspecified atom stereocenters. The minimum absolute atomic E-state index is 0.524. The third-order valence-electron chi connectivity index (χ3n) is 2.49. The topological polar surface area (TPSA) is 72.5 Å². The number of aryl methyl sites for hydroxylation is 1. The molecule has 3 N–H and O–H groups in total. The Bertz CT molecular complexity index is 432. The van der Waals surface area contributed by atoms with Crippen LogP contribution in [0.1, 0.15) is 22.7 Å². The number of hydrogen-bond donors (Lipinski definition) is 2. The van der Waals surface area contributed by atoms with E-state index in [1.54, 1.807) is 0 Å². The predicted molar refractivity (Wildman–Crippen MR) is 64.7 cm³/mol. The van der Waals surface area contributed by atoms with Gasteiger partial charge < -0.3 is 15.6 Å². The Morgan fingerprint density at radius 2 is 2.12 bits per heavy atom. The van der Waals surface area contributed by atoms with E-state index in [2.05, 4.69) is 15.9 Å². The van der Waals surface area contributed by atoms with E-state index in [1.807, 2.05) is 19.9 Å². The lowest BCUT2D eigenvalue weighted by Crippen LogP contribution is -2.22. The van der Waals surface area contributed by atoms with Crippen LogP contribution in [0.2, 0.25) is 0 Å². The molecule has 1 rings (SSSR count). The summed E-state index contributed by atoms with van der Waals surface area (Å²) in [4.78, 5) is 10.9. The van der Waals surface area contributed by atoms with Gasteiger partial charge in [-0.1, -0.05) is 15.9 Å². The van der Waals surface area contributed by atoms with Crippen LogP contribution in [0.15, 0.2) is 10.5 Å². The highest BCUT2D eigenvalue weighted by Gasteiger charge is 2.23. The number of carbonyl (C=O) groups is 1. The molecule has 1 atom stereocenters. The first kappa shape index (κ1) is 13.0. The van der Waals surface area contributed by atoms with Crippen LogP contribution in [0.25, 0.3) is 0 Å². The highest BCUT2D eigenvalue weighted by molar-refractivity contribution is 9.10. The van der Waals surface area contributed by atoms with E-state index in [0.29, 0.717) is 11.3 Å². The molecule has 0 aromatic heterocycles. The summed E-state index contributed by atoms with van der Waals surface area (Å²) in [5, 5.41) is 8.95.